The van der Waals surface area contributed by atoms with Crippen LogP contribution in [0.1, 0.15) is 81.6 Å². The van der Waals surface area contributed by atoms with Crippen LogP contribution in [0.25, 0.3) is 0 Å². The lowest BCUT2D eigenvalue weighted by Crippen LogP contribution is -2.31. The fourth-order valence-electron chi connectivity index (χ4n) is 2.24. The molecule has 0 aromatic heterocycles. The van der Waals surface area contributed by atoms with Crippen molar-refractivity contribution in [1.82, 2.24) is 0 Å². The van der Waals surface area contributed by atoms with Gasteiger partial charge in [0.1, 0.15) is 5.60 Å². The summed E-state index contributed by atoms with van der Waals surface area (Å²) in [6.45, 7) is 17.4. The van der Waals surface area contributed by atoms with Gasteiger partial charge < -0.3 is 0 Å². The first-order chi connectivity index (χ1) is 10.6. The fraction of sp³-hybridized carbons (Fsp3) is 0.889. The van der Waals surface area contributed by atoms with E-state index in [-0.39, 0.29) is 23.8 Å². The predicted molar refractivity (Wildman–Crippen MR) is 93.2 cm³/mol. The maximum absolute atomic E-state index is 11.9. The second-order valence-corrected chi connectivity index (χ2v) is 9.29. The Hall–Kier alpha value is -1.48. The second-order valence-electron chi connectivity index (χ2n) is 9.29. The predicted octanol–water partition coefficient (Wildman–Crippen LogP) is 4.99. The molecule has 0 N–H and O–H groups in total. The van der Waals surface area contributed by atoms with E-state index in [0.29, 0.717) is 0 Å². The highest BCUT2D eigenvalue weighted by atomic mass is 17.2. The highest BCUT2D eigenvalue weighted by Crippen LogP contribution is 2.29. The topological polar surface area (TPSA) is 84.0 Å². The molecule has 0 rings (SSSR count). The molecule has 0 aliphatic heterocycles. The van der Waals surface area contributed by atoms with E-state index in [1.165, 1.54) is 0 Å². The molecule has 0 saturated heterocycles. The summed E-state index contributed by atoms with van der Waals surface area (Å²) in [5.41, 5.74) is -1.92. The van der Waals surface area contributed by atoms with Crippen molar-refractivity contribution < 1.29 is 14.6 Å². The molecule has 0 aromatic carbocycles. The zero-order valence-corrected chi connectivity index (χ0v) is 16.7. The maximum Gasteiger partial charge on any atom is 0.342 e. The number of hydrogen-bond donors (Lipinski definition) is 0. The molecule has 138 valence electrons. The lowest BCUT2D eigenvalue weighted by atomic mass is 9.84. The summed E-state index contributed by atoms with van der Waals surface area (Å²) in [5.74, 6) is -0.510. The van der Waals surface area contributed by atoms with E-state index in [1.807, 2.05) is 34.6 Å². The number of nitriles is 1. The minimum Gasteiger partial charge on any atom is -0.298 e. The fourth-order valence-corrected chi connectivity index (χ4v) is 2.24. The van der Waals surface area contributed by atoms with Crippen LogP contribution in [0.15, 0.2) is 10.2 Å². The van der Waals surface area contributed by atoms with Crippen molar-refractivity contribution in [2.45, 2.75) is 98.3 Å². The van der Waals surface area contributed by atoms with Gasteiger partial charge in [0, 0.05) is 0 Å². The minimum absolute atomic E-state index is 0.0405. The molecule has 0 aliphatic carbocycles. The first kappa shape index (κ1) is 22.5. The van der Waals surface area contributed by atoms with E-state index in [2.05, 4.69) is 37.1 Å². The molecule has 0 aliphatic rings. The highest BCUT2D eigenvalue weighted by molar-refractivity contribution is 5.68. The van der Waals surface area contributed by atoms with Crippen LogP contribution < -0.4 is 0 Å². The van der Waals surface area contributed by atoms with Gasteiger partial charge >= 0.3 is 5.97 Å². The van der Waals surface area contributed by atoms with Crippen LogP contribution in [-0.2, 0) is 14.6 Å². The minimum atomic E-state index is -1.05. The molecule has 0 heterocycles. The van der Waals surface area contributed by atoms with Gasteiger partial charge in [-0.3, -0.25) is 4.89 Å². The van der Waals surface area contributed by atoms with Gasteiger partial charge in [-0.25, -0.2) is 4.79 Å². The molecule has 6 nitrogen and oxygen atoms in total. The molecule has 0 fully saturated rings. The van der Waals surface area contributed by atoms with E-state index in [1.54, 1.807) is 6.92 Å². The molecular weight excluding hydrogens is 306 g/mol. The van der Waals surface area contributed by atoms with Crippen molar-refractivity contribution in [3.63, 3.8) is 0 Å². The van der Waals surface area contributed by atoms with Crippen LogP contribution in [0.4, 0.5) is 0 Å². The summed E-state index contributed by atoms with van der Waals surface area (Å²) in [6, 6.07) is 2.10. The van der Waals surface area contributed by atoms with Crippen molar-refractivity contribution in [2.75, 3.05) is 0 Å². The van der Waals surface area contributed by atoms with Gasteiger partial charge in [0.2, 0.25) is 0 Å². The molecule has 6 heteroatoms. The quantitative estimate of drug-likeness (QED) is 0.371. The second kappa shape index (κ2) is 8.06. The Morgan fingerprint density at radius 3 is 1.96 bits per heavy atom. The van der Waals surface area contributed by atoms with Crippen LogP contribution in [0.3, 0.4) is 0 Å². The van der Waals surface area contributed by atoms with Gasteiger partial charge in [-0.1, -0.05) is 20.8 Å². The average molecular weight is 339 g/mol. The van der Waals surface area contributed by atoms with Crippen molar-refractivity contribution in [1.29, 1.82) is 5.26 Å². The third-order valence-electron chi connectivity index (χ3n) is 2.94. The molecule has 0 aromatic rings. The monoisotopic (exact) mass is 339 g/mol. The van der Waals surface area contributed by atoms with Gasteiger partial charge in [0.25, 0.3) is 0 Å². The smallest absolute Gasteiger partial charge is 0.298 e. The number of hydrogen-bond acceptors (Lipinski definition) is 6. The van der Waals surface area contributed by atoms with Crippen LogP contribution >= 0.6 is 0 Å². The molecule has 0 saturated carbocycles. The Morgan fingerprint density at radius 2 is 1.54 bits per heavy atom. The number of carbonyl (C=O) groups excluding carboxylic acids is 1. The highest BCUT2D eigenvalue weighted by Gasteiger charge is 2.30. The molecule has 1 atom stereocenters. The van der Waals surface area contributed by atoms with Crippen molar-refractivity contribution in [2.24, 2.45) is 15.6 Å². The first-order valence-electron chi connectivity index (χ1n) is 8.31. The third kappa shape index (κ3) is 11.1. The summed E-state index contributed by atoms with van der Waals surface area (Å²) in [4.78, 5) is 22.1. The van der Waals surface area contributed by atoms with Crippen molar-refractivity contribution >= 4 is 5.97 Å². The molecular formula is C18H33N3O3. The molecule has 0 radical (unpaired) electrons. The van der Waals surface area contributed by atoms with Crippen LogP contribution in [0, 0.1) is 16.7 Å². The zero-order valence-electron chi connectivity index (χ0n) is 16.7. The SMILES string of the molecule is CC(C)(C)CC(C)(C)OOC(=O)CCC(C)(C#N)N=NC(C)(C)C. The number of nitrogens with zero attached hydrogens (tertiary/aromatic N) is 3. The van der Waals surface area contributed by atoms with Gasteiger partial charge in [-0.2, -0.15) is 20.4 Å². The van der Waals surface area contributed by atoms with E-state index < -0.39 is 17.1 Å². The summed E-state index contributed by atoms with van der Waals surface area (Å²) in [5, 5.41) is 17.5. The Labute approximate surface area is 146 Å². The molecule has 0 bridgehead atoms. The van der Waals surface area contributed by atoms with Gasteiger partial charge in [0.05, 0.1) is 18.0 Å². The Balaban J connectivity index is 4.53. The Kier molecular flexibility index (Phi) is 7.57. The van der Waals surface area contributed by atoms with Crippen molar-refractivity contribution in [3.8, 4) is 6.07 Å². The van der Waals surface area contributed by atoms with Crippen LogP contribution in [0.5, 0.6) is 0 Å². The molecule has 1 unspecified atom stereocenters. The standard InChI is InChI=1S/C18H33N3O3/c1-15(2,3)12-17(7,8)24-23-14(22)10-11-18(9,13-19)21-20-16(4,5)6/h10-12H2,1-9H3. The van der Waals surface area contributed by atoms with Gasteiger partial charge in [0.15, 0.2) is 5.54 Å². The lowest BCUT2D eigenvalue weighted by molar-refractivity contribution is -0.329. The molecule has 24 heavy (non-hydrogen) atoms. The van der Waals surface area contributed by atoms with Crippen LogP contribution in [0.2, 0.25) is 0 Å². The van der Waals surface area contributed by atoms with Crippen LogP contribution in [-0.4, -0.2) is 22.6 Å². The number of azo groups is 1. The van der Waals surface area contributed by atoms with E-state index in [9.17, 15) is 10.1 Å². The summed E-state index contributed by atoms with van der Waals surface area (Å²) in [7, 11) is 0. The average Bonchev–Trinajstić information content (AvgIpc) is 2.37. The zero-order chi connectivity index (χ0) is 19.2. The summed E-state index contributed by atoms with van der Waals surface area (Å²) in [6.07, 6.45) is 1.01. The number of rotatable bonds is 7. The lowest BCUT2D eigenvalue weighted by Gasteiger charge is -2.30. The Morgan fingerprint density at radius 1 is 1.00 bits per heavy atom. The largest absolute Gasteiger partial charge is 0.342 e. The summed E-state index contributed by atoms with van der Waals surface area (Å²) < 4.78 is 0. The van der Waals surface area contributed by atoms with Gasteiger partial charge in [-0.05, 0) is 59.8 Å². The van der Waals surface area contributed by atoms with Gasteiger partial charge in [-0.15, -0.1) is 0 Å². The van der Waals surface area contributed by atoms with Crippen molar-refractivity contribution in [3.05, 3.63) is 0 Å². The molecule has 0 amide bonds. The number of carbonyl (C=O) groups is 1. The Bertz CT molecular complexity index is 493. The van der Waals surface area contributed by atoms with E-state index in [0.717, 1.165) is 6.42 Å². The normalized spacial score (nSPS) is 15.8. The third-order valence-corrected chi connectivity index (χ3v) is 2.94. The summed E-state index contributed by atoms with van der Waals surface area (Å²) >= 11 is 0. The molecule has 0 spiro atoms. The maximum atomic E-state index is 11.9. The van der Waals surface area contributed by atoms with E-state index in [4.69, 9.17) is 9.78 Å². The van der Waals surface area contributed by atoms with E-state index >= 15 is 0 Å². The first-order valence-corrected chi connectivity index (χ1v) is 8.31.